The van der Waals surface area contributed by atoms with Crippen molar-refractivity contribution < 1.29 is 0 Å². The summed E-state index contributed by atoms with van der Waals surface area (Å²) in [5.41, 5.74) is 6.94. The first kappa shape index (κ1) is 6.84. The van der Waals surface area contributed by atoms with Gasteiger partial charge in [0.25, 0.3) is 0 Å². The van der Waals surface area contributed by atoms with Crippen molar-refractivity contribution in [3.63, 3.8) is 0 Å². The minimum atomic E-state index is 0.0755. The summed E-state index contributed by atoms with van der Waals surface area (Å²) in [6.07, 6.45) is 1.74. The Kier molecular flexibility index (Phi) is 1.33. The SMILES string of the molecule is N=C(N)c1ccc2cn[nH]c2c1. The number of rotatable bonds is 1. The highest BCUT2D eigenvalue weighted by atomic mass is 15.1. The van der Waals surface area contributed by atoms with Crippen LogP contribution in [0.15, 0.2) is 24.4 Å². The molecule has 0 atom stereocenters. The summed E-state index contributed by atoms with van der Waals surface area (Å²) >= 11 is 0. The molecule has 0 aliphatic carbocycles. The highest BCUT2D eigenvalue weighted by Gasteiger charge is 1.98. The van der Waals surface area contributed by atoms with Gasteiger partial charge in [-0.3, -0.25) is 10.5 Å². The van der Waals surface area contributed by atoms with E-state index >= 15 is 0 Å². The van der Waals surface area contributed by atoms with Crippen molar-refractivity contribution in [2.45, 2.75) is 0 Å². The zero-order valence-electron chi connectivity index (χ0n) is 6.33. The molecule has 2 aromatic rings. The van der Waals surface area contributed by atoms with Gasteiger partial charge >= 0.3 is 0 Å². The average molecular weight is 160 g/mol. The Morgan fingerprint density at radius 1 is 1.50 bits per heavy atom. The average Bonchev–Trinajstić information content (AvgIpc) is 2.49. The van der Waals surface area contributed by atoms with Crippen molar-refractivity contribution in [1.82, 2.24) is 10.2 Å². The largest absolute Gasteiger partial charge is 0.384 e. The van der Waals surface area contributed by atoms with Gasteiger partial charge in [-0.15, -0.1) is 0 Å². The quantitative estimate of drug-likeness (QED) is 0.427. The van der Waals surface area contributed by atoms with Gasteiger partial charge in [-0.25, -0.2) is 0 Å². The molecule has 0 saturated heterocycles. The molecule has 1 aromatic heterocycles. The lowest BCUT2D eigenvalue weighted by molar-refractivity contribution is 1.12. The fraction of sp³-hybridized carbons (Fsp3) is 0. The number of aromatic nitrogens is 2. The molecular weight excluding hydrogens is 152 g/mol. The number of aromatic amines is 1. The Morgan fingerprint density at radius 2 is 2.33 bits per heavy atom. The van der Waals surface area contributed by atoms with E-state index in [1.807, 2.05) is 12.1 Å². The van der Waals surface area contributed by atoms with E-state index in [0.29, 0.717) is 5.56 Å². The van der Waals surface area contributed by atoms with E-state index in [1.54, 1.807) is 12.3 Å². The van der Waals surface area contributed by atoms with E-state index in [9.17, 15) is 0 Å². The van der Waals surface area contributed by atoms with E-state index < -0.39 is 0 Å². The molecule has 1 heterocycles. The summed E-state index contributed by atoms with van der Waals surface area (Å²) in [6, 6.07) is 5.50. The third-order valence-electron chi connectivity index (χ3n) is 1.75. The molecule has 0 saturated carbocycles. The van der Waals surface area contributed by atoms with Crippen LogP contribution in [0, 0.1) is 5.41 Å². The summed E-state index contributed by atoms with van der Waals surface area (Å²) in [5, 5.41) is 14.9. The summed E-state index contributed by atoms with van der Waals surface area (Å²) in [4.78, 5) is 0. The number of nitrogens with two attached hydrogens (primary N) is 1. The Hall–Kier alpha value is -1.84. The number of amidine groups is 1. The van der Waals surface area contributed by atoms with E-state index in [1.165, 1.54) is 0 Å². The molecule has 2 rings (SSSR count). The van der Waals surface area contributed by atoms with E-state index in [-0.39, 0.29) is 5.84 Å². The molecule has 12 heavy (non-hydrogen) atoms. The fourth-order valence-corrected chi connectivity index (χ4v) is 1.10. The maximum absolute atomic E-state index is 7.21. The Morgan fingerprint density at radius 3 is 3.08 bits per heavy atom. The summed E-state index contributed by atoms with van der Waals surface area (Å²) < 4.78 is 0. The smallest absolute Gasteiger partial charge is 0.122 e. The molecule has 0 bridgehead atoms. The zero-order valence-corrected chi connectivity index (χ0v) is 6.33. The van der Waals surface area contributed by atoms with Gasteiger partial charge in [-0.05, 0) is 6.07 Å². The minimum absolute atomic E-state index is 0.0755. The van der Waals surface area contributed by atoms with E-state index in [0.717, 1.165) is 10.9 Å². The number of hydrogen-bond acceptors (Lipinski definition) is 2. The first-order valence-corrected chi connectivity index (χ1v) is 3.55. The zero-order chi connectivity index (χ0) is 8.55. The van der Waals surface area contributed by atoms with E-state index in [4.69, 9.17) is 11.1 Å². The van der Waals surface area contributed by atoms with Crippen LogP contribution in [0.1, 0.15) is 5.56 Å². The molecule has 0 unspecified atom stereocenters. The number of fused-ring (bicyclic) bond motifs is 1. The van der Waals surface area contributed by atoms with Crippen LogP contribution in [0.3, 0.4) is 0 Å². The molecule has 0 amide bonds. The highest BCUT2D eigenvalue weighted by molar-refractivity contribution is 5.98. The number of nitrogens with one attached hydrogen (secondary N) is 2. The van der Waals surface area contributed by atoms with Crippen molar-refractivity contribution in [3.8, 4) is 0 Å². The lowest BCUT2D eigenvalue weighted by Gasteiger charge is -1.96. The summed E-state index contributed by atoms with van der Waals surface area (Å²) in [7, 11) is 0. The summed E-state index contributed by atoms with van der Waals surface area (Å²) in [5.74, 6) is 0.0755. The van der Waals surface area contributed by atoms with Crippen LogP contribution in [0.5, 0.6) is 0 Å². The predicted octanol–water partition coefficient (Wildman–Crippen LogP) is 0.847. The van der Waals surface area contributed by atoms with E-state index in [2.05, 4.69) is 10.2 Å². The second-order valence-corrected chi connectivity index (χ2v) is 2.59. The van der Waals surface area contributed by atoms with Crippen LogP contribution in [0.25, 0.3) is 10.9 Å². The second-order valence-electron chi connectivity index (χ2n) is 2.59. The van der Waals surface area contributed by atoms with Gasteiger partial charge in [-0.2, -0.15) is 5.10 Å². The van der Waals surface area contributed by atoms with Crippen LogP contribution in [-0.2, 0) is 0 Å². The molecule has 4 N–H and O–H groups in total. The van der Waals surface area contributed by atoms with Crippen molar-refractivity contribution >= 4 is 16.7 Å². The topological polar surface area (TPSA) is 78.6 Å². The third-order valence-corrected chi connectivity index (χ3v) is 1.75. The van der Waals surface area contributed by atoms with Crippen molar-refractivity contribution in [2.24, 2.45) is 5.73 Å². The highest BCUT2D eigenvalue weighted by Crippen LogP contribution is 2.11. The molecule has 4 nitrogen and oxygen atoms in total. The molecule has 0 radical (unpaired) electrons. The number of nitrogens with zero attached hydrogens (tertiary/aromatic N) is 1. The molecule has 0 spiro atoms. The number of benzene rings is 1. The van der Waals surface area contributed by atoms with Crippen LogP contribution in [0.4, 0.5) is 0 Å². The number of H-pyrrole nitrogens is 1. The van der Waals surface area contributed by atoms with Crippen LogP contribution in [0.2, 0.25) is 0 Å². The molecule has 0 aliphatic rings. The van der Waals surface area contributed by atoms with Crippen LogP contribution < -0.4 is 5.73 Å². The molecule has 60 valence electrons. The fourth-order valence-electron chi connectivity index (χ4n) is 1.10. The Bertz CT molecular complexity index is 429. The maximum atomic E-state index is 7.21. The second kappa shape index (κ2) is 2.34. The summed E-state index contributed by atoms with van der Waals surface area (Å²) in [6.45, 7) is 0. The molecular formula is C8H8N4. The van der Waals surface area contributed by atoms with Gasteiger partial charge in [0.15, 0.2) is 0 Å². The van der Waals surface area contributed by atoms with Crippen LogP contribution >= 0.6 is 0 Å². The molecule has 0 aliphatic heterocycles. The molecule has 1 aromatic carbocycles. The van der Waals surface area contributed by atoms with Gasteiger partial charge in [-0.1, -0.05) is 12.1 Å². The molecule has 0 fully saturated rings. The van der Waals surface area contributed by atoms with Gasteiger partial charge in [0, 0.05) is 10.9 Å². The normalized spacial score (nSPS) is 10.3. The van der Waals surface area contributed by atoms with Gasteiger partial charge in [0.1, 0.15) is 5.84 Å². The third kappa shape index (κ3) is 0.934. The van der Waals surface area contributed by atoms with Crippen molar-refractivity contribution in [2.75, 3.05) is 0 Å². The minimum Gasteiger partial charge on any atom is -0.384 e. The standard InChI is InChI=1S/C8H8N4/c9-8(10)5-1-2-6-4-11-12-7(6)3-5/h1-4H,(H3,9,10)(H,11,12). The van der Waals surface area contributed by atoms with Gasteiger partial charge < -0.3 is 5.73 Å². The number of hydrogen-bond donors (Lipinski definition) is 3. The Labute approximate surface area is 68.9 Å². The lowest BCUT2D eigenvalue weighted by atomic mass is 10.1. The maximum Gasteiger partial charge on any atom is 0.122 e. The lowest BCUT2D eigenvalue weighted by Crippen LogP contribution is -2.10. The van der Waals surface area contributed by atoms with Crippen LogP contribution in [-0.4, -0.2) is 16.0 Å². The van der Waals surface area contributed by atoms with Crippen molar-refractivity contribution in [1.29, 1.82) is 5.41 Å². The monoisotopic (exact) mass is 160 g/mol. The predicted molar refractivity (Wildman–Crippen MR) is 47.1 cm³/mol. The first-order chi connectivity index (χ1) is 5.77. The first-order valence-electron chi connectivity index (χ1n) is 3.55. The Balaban J connectivity index is 2.68. The van der Waals surface area contributed by atoms with Gasteiger partial charge in [0.05, 0.1) is 11.7 Å². The molecule has 4 heteroatoms. The number of nitrogen functional groups attached to an aromatic ring is 1. The van der Waals surface area contributed by atoms with Crippen molar-refractivity contribution in [3.05, 3.63) is 30.0 Å². The van der Waals surface area contributed by atoms with Gasteiger partial charge in [0.2, 0.25) is 0 Å².